The van der Waals surface area contributed by atoms with Crippen LogP contribution in [0, 0.1) is 0 Å². The molecule has 0 aliphatic heterocycles. The molecule has 4 aromatic rings. The zero-order chi connectivity index (χ0) is 31.0. The van der Waals surface area contributed by atoms with E-state index < -0.39 is 7.12 Å². The third-order valence-electron chi connectivity index (χ3n) is 4.30. The summed E-state index contributed by atoms with van der Waals surface area (Å²) in [5.41, 5.74) is 13.0. The van der Waals surface area contributed by atoms with Crippen LogP contribution in [0.3, 0.4) is 0 Å². The molecule has 0 aliphatic rings. The van der Waals surface area contributed by atoms with E-state index in [9.17, 15) is 0 Å². The predicted octanol–water partition coefficient (Wildman–Crippen LogP) is 3.77. The Kier molecular flexibility index (Phi) is 30.7. The number of aromatic nitrogens is 4. The number of nitrogens with zero attached hydrogens (tertiary/aromatic N) is 4. The average molecular weight is 1270 g/mol. The Morgan fingerprint density at radius 2 is 1.29 bits per heavy atom. The van der Waals surface area contributed by atoms with E-state index in [2.05, 4.69) is 94.4 Å². The van der Waals surface area contributed by atoms with Crippen LogP contribution in [-0.4, -0.2) is 50.3 Å². The molecule has 10 nitrogen and oxygen atoms in total. The minimum Gasteiger partial charge on any atom is -0.384 e. The smallest absolute Gasteiger partial charge is 0.134 e. The van der Waals surface area contributed by atoms with Gasteiger partial charge in [0.15, 0.2) is 0 Å². The topological polar surface area (TPSA) is 163 Å². The number of nitrogen functional groups attached to an aromatic ring is 2. The number of rotatable bonds is 6. The van der Waals surface area contributed by atoms with E-state index in [1.54, 1.807) is 30.3 Å². The molecule has 0 amide bonds. The third-order valence-corrected chi connectivity index (χ3v) is 4.51. The fraction of sp³-hybridized carbons (Fsp3) is 0.167. The molecule has 2 aromatic heterocycles. The average Bonchev–Trinajstić information content (AvgIpc) is 2.96. The summed E-state index contributed by atoms with van der Waals surface area (Å²) in [6, 6.07) is 17.8. The molecule has 6 N–H and O–H groups in total. The van der Waals surface area contributed by atoms with Crippen LogP contribution < -0.4 is 39.7 Å². The number of ether oxygens (including phenoxy) is 2. The first kappa shape index (κ1) is 44.6. The van der Waals surface area contributed by atoms with Crippen molar-refractivity contribution in [3.05, 3.63) is 78.5 Å². The van der Waals surface area contributed by atoms with Crippen molar-refractivity contribution in [1.29, 1.82) is 0 Å². The minimum atomic E-state index is -1.47. The Labute approximate surface area is 321 Å². The van der Waals surface area contributed by atoms with Crippen LogP contribution in [0.25, 0.3) is 11.3 Å². The van der Waals surface area contributed by atoms with E-state index in [-0.39, 0.29) is 24.0 Å². The Morgan fingerprint density at radius 3 is 1.76 bits per heavy atom. The first-order valence-corrected chi connectivity index (χ1v) is 30.6. The van der Waals surface area contributed by atoms with Gasteiger partial charge in [0.1, 0.15) is 40.9 Å². The van der Waals surface area contributed by atoms with Crippen LogP contribution in [0.2, 0.25) is 5.15 Å². The molecule has 18 heteroatoms. The summed E-state index contributed by atoms with van der Waals surface area (Å²) < 4.78 is 10.7. The molecule has 0 atom stereocenters. The zero-order valence-corrected chi connectivity index (χ0v) is 36.1. The second-order valence-electron chi connectivity index (χ2n) is 6.92. The predicted molar refractivity (Wildman–Crippen MR) is 213 cm³/mol. The van der Waals surface area contributed by atoms with Gasteiger partial charge in [0.2, 0.25) is 0 Å². The van der Waals surface area contributed by atoms with Gasteiger partial charge in [-0.3, -0.25) is 0 Å². The van der Waals surface area contributed by atoms with Gasteiger partial charge in [-0.25, -0.2) is 19.9 Å². The number of para-hydroxylation sites is 2. The Morgan fingerprint density at radius 1 is 0.810 bits per heavy atom. The molecule has 0 radical (unpaired) electrons. The van der Waals surface area contributed by atoms with E-state index in [4.69, 9.17) is 42.6 Å². The Hall–Kier alpha value is 0.455. The van der Waals surface area contributed by atoms with Crippen LogP contribution in [0.5, 0.6) is 11.5 Å². The molecular formula is C24H29BClI6N6O4-. The van der Waals surface area contributed by atoms with E-state index in [0.717, 1.165) is 17.0 Å². The first-order chi connectivity index (χ1) is 19.8. The molecule has 0 aliphatic carbocycles. The van der Waals surface area contributed by atoms with Crippen molar-refractivity contribution in [3.8, 4) is 22.8 Å². The molecule has 0 fully saturated rings. The van der Waals surface area contributed by atoms with Gasteiger partial charge in [0.05, 0.1) is 18.9 Å². The third kappa shape index (κ3) is 19.8. The fourth-order valence-electron chi connectivity index (χ4n) is 2.81. The summed E-state index contributed by atoms with van der Waals surface area (Å²) in [5.74, 6) is 2.18. The van der Waals surface area contributed by atoms with Crippen molar-refractivity contribution >= 4 is 134 Å². The van der Waals surface area contributed by atoms with Gasteiger partial charge in [-0.15, -0.1) is 24.0 Å². The maximum atomic E-state index is 8.91. The largest absolute Gasteiger partial charge is 0.384 e. The van der Waals surface area contributed by atoms with Crippen molar-refractivity contribution < 1.29 is 32.8 Å². The first-order valence-electron chi connectivity index (χ1n) is 11.4. The Balaban J connectivity index is 0. The summed E-state index contributed by atoms with van der Waals surface area (Å²) in [7, 11) is -1.47. The fourth-order valence-corrected chi connectivity index (χ4v) is 2.96. The van der Waals surface area contributed by atoms with Crippen LogP contribution in [0.15, 0.2) is 73.3 Å². The maximum Gasteiger partial charge on any atom is 0.134 e. The molecule has 0 saturated heterocycles. The van der Waals surface area contributed by atoms with Crippen LogP contribution >= 0.6 is 110 Å². The molecule has 0 unspecified atom stereocenters. The SMILES string of the molecule is CCOc1ccccc1-c1cc(N)ncn1.CCOc1ccccc1B(O)O.I.II.I[I-]I.Nc1cc(Cl)ncn1. The molecule has 4 rings (SSSR count). The summed E-state index contributed by atoms with van der Waals surface area (Å²) in [4.78, 5) is 15.3. The van der Waals surface area contributed by atoms with Crippen LogP contribution in [0.4, 0.5) is 11.6 Å². The van der Waals surface area contributed by atoms with Gasteiger partial charge >= 0.3 is 57.6 Å². The molecule has 0 bridgehead atoms. The van der Waals surface area contributed by atoms with Gasteiger partial charge in [0.25, 0.3) is 0 Å². The second-order valence-corrected chi connectivity index (χ2v) is 23.6. The van der Waals surface area contributed by atoms with Gasteiger partial charge in [-0.2, -0.15) is 0 Å². The van der Waals surface area contributed by atoms with Crippen molar-refractivity contribution in [2.24, 2.45) is 0 Å². The van der Waals surface area contributed by atoms with Gasteiger partial charge in [-0.1, -0.05) is 41.9 Å². The van der Waals surface area contributed by atoms with E-state index in [0.29, 0.717) is 54.5 Å². The number of anilines is 2. The normalized spacial score (nSPS) is 8.98. The minimum absolute atomic E-state index is 0. The molecule has 0 saturated carbocycles. The molecule has 232 valence electrons. The molecule has 0 spiro atoms. The zero-order valence-electron chi connectivity index (χ0n) is 22.3. The van der Waals surface area contributed by atoms with Crippen molar-refractivity contribution in [2.75, 3.05) is 24.7 Å². The number of halogens is 7. The number of benzene rings is 2. The van der Waals surface area contributed by atoms with Crippen molar-refractivity contribution in [2.45, 2.75) is 13.8 Å². The Bertz CT molecular complexity index is 1240. The van der Waals surface area contributed by atoms with Gasteiger partial charge in [-0.05, 0) is 32.0 Å². The maximum absolute atomic E-state index is 8.91. The summed E-state index contributed by atoms with van der Waals surface area (Å²) >= 11 is 15.0. The van der Waals surface area contributed by atoms with Crippen molar-refractivity contribution in [3.63, 3.8) is 0 Å². The van der Waals surface area contributed by atoms with Gasteiger partial charge in [0, 0.05) is 60.4 Å². The quantitative estimate of drug-likeness (QED) is 0.127. The molecule has 2 aromatic carbocycles. The van der Waals surface area contributed by atoms with E-state index in [1.807, 2.05) is 38.1 Å². The molecule has 42 heavy (non-hydrogen) atoms. The summed E-state index contributed by atoms with van der Waals surface area (Å²) in [6.45, 7) is 4.94. The summed E-state index contributed by atoms with van der Waals surface area (Å²) in [6.07, 6.45) is 2.77. The van der Waals surface area contributed by atoms with Crippen LogP contribution in [-0.2, 0) is 0 Å². The van der Waals surface area contributed by atoms with Crippen molar-refractivity contribution in [1.82, 2.24) is 19.9 Å². The van der Waals surface area contributed by atoms with Crippen LogP contribution in [0.1, 0.15) is 13.8 Å². The number of nitrogens with two attached hydrogens (primary N) is 2. The second kappa shape index (κ2) is 28.9. The molecule has 2 heterocycles. The number of hydrogen-bond donors (Lipinski definition) is 4. The molecular weight excluding hydrogens is 1240 g/mol. The monoisotopic (exact) mass is 1270 g/mol. The van der Waals surface area contributed by atoms with E-state index >= 15 is 0 Å². The van der Waals surface area contributed by atoms with Gasteiger partial charge < -0.3 is 31.0 Å². The summed E-state index contributed by atoms with van der Waals surface area (Å²) in [5, 5.41) is 18.2. The van der Waals surface area contributed by atoms with E-state index in [1.165, 1.54) is 18.7 Å². The standard InChI is InChI=1S/C12H13N3O.C8H11BO3.C4H4ClN3.I3.I2.HI/c1-2-16-11-6-4-3-5-9(11)10-7-12(13)15-8-14-10;1-2-12-8-6-4-3-5-7(8)9(10)11;5-3-1-4(6)8-2-7-3;1-3-2;1-2;/h3-8H,2H2,1H3,(H2,13,14,15);3-6,10-11H,2H2,1H3;1-2H,(H2,6,7,8);;;1H/q;;;-1;;. The number of hydrogen-bond acceptors (Lipinski definition) is 10.